The molecule has 1 heterocycles. The second kappa shape index (κ2) is 4.33. The molecule has 1 aromatic rings. The van der Waals surface area contributed by atoms with E-state index in [-0.39, 0.29) is 12.0 Å². The van der Waals surface area contributed by atoms with E-state index in [0.717, 1.165) is 11.0 Å². The smallest absolute Gasteiger partial charge is 0.332 e. The van der Waals surface area contributed by atoms with Gasteiger partial charge in [-0.2, -0.15) is 0 Å². The number of nitrogen functional groups attached to an aromatic ring is 1. The van der Waals surface area contributed by atoms with Crippen molar-refractivity contribution in [2.45, 2.75) is 6.42 Å². The average molecular weight is 246 g/mol. The van der Waals surface area contributed by atoms with Crippen molar-refractivity contribution in [3.05, 3.63) is 35.9 Å². The molecule has 1 aromatic carbocycles. The molecular weight excluding hydrogens is 236 g/mol. The monoisotopic (exact) mass is 246 g/mol. The maximum atomic E-state index is 11.8. The Balaban J connectivity index is 2.36. The number of rotatable bonds is 2. The molecule has 0 atom stereocenters. The van der Waals surface area contributed by atoms with Gasteiger partial charge in [0.1, 0.15) is 0 Å². The fourth-order valence-electron chi connectivity index (χ4n) is 1.66. The van der Waals surface area contributed by atoms with Crippen LogP contribution in [0, 0.1) is 0 Å². The van der Waals surface area contributed by atoms with Gasteiger partial charge in [0.2, 0.25) is 5.91 Å². The van der Waals surface area contributed by atoms with Crippen LogP contribution in [0.25, 0.3) is 0 Å². The van der Waals surface area contributed by atoms with E-state index in [2.05, 4.69) is 0 Å². The second-order valence-corrected chi connectivity index (χ2v) is 3.81. The number of benzene rings is 1. The predicted octanol–water partition coefficient (Wildman–Crippen LogP) is 0.543. The highest BCUT2D eigenvalue weighted by Crippen LogP contribution is 2.22. The summed E-state index contributed by atoms with van der Waals surface area (Å²) in [5.74, 6) is -2.48. The Morgan fingerprint density at radius 1 is 1.22 bits per heavy atom. The first kappa shape index (κ1) is 11.8. The maximum Gasteiger partial charge on any atom is 0.332 e. The quantitative estimate of drug-likeness (QED) is 0.586. The zero-order valence-corrected chi connectivity index (χ0v) is 9.29. The van der Waals surface area contributed by atoms with Crippen molar-refractivity contribution in [1.29, 1.82) is 0 Å². The van der Waals surface area contributed by atoms with Gasteiger partial charge in [-0.25, -0.2) is 9.69 Å². The Labute approximate surface area is 102 Å². The van der Waals surface area contributed by atoms with E-state index in [9.17, 15) is 14.4 Å². The largest absolute Gasteiger partial charge is 0.478 e. The first-order valence-electron chi connectivity index (χ1n) is 5.15. The fourth-order valence-corrected chi connectivity index (χ4v) is 1.66. The molecule has 6 nitrogen and oxygen atoms in total. The number of nitrogens with zero attached hydrogens (tertiary/aromatic N) is 1. The van der Waals surface area contributed by atoms with Crippen LogP contribution in [0.2, 0.25) is 0 Å². The van der Waals surface area contributed by atoms with Crippen molar-refractivity contribution in [2.24, 2.45) is 0 Å². The van der Waals surface area contributed by atoms with Gasteiger partial charge < -0.3 is 10.8 Å². The van der Waals surface area contributed by atoms with E-state index in [0.29, 0.717) is 11.4 Å². The molecule has 2 rings (SSSR count). The Bertz CT molecular complexity index is 560. The normalized spacial score (nSPS) is 15.6. The number of amides is 2. The van der Waals surface area contributed by atoms with E-state index < -0.39 is 17.8 Å². The lowest BCUT2D eigenvalue weighted by molar-refractivity contribution is -0.135. The lowest BCUT2D eigenvalue weighted by Gasteiger charge is -2.23. The summed E-state index contributed by atoms with van der Waals surface area (Å²) in [6.07, 6.45) is 0.658. The van der Waals surface area contributed by atoms with E-state index in [1.807, 2.05) is 0 Å². The zero-order valence-electron chi connectivity index (χ0n) is 9.29. The van der Waals surface area contributed by atoms with Crippen molar-refractivity contribution in [1.82, 2.24) is 0 Å². The van der Waals surface area contributed by atoms with Gasteiger partial charge >= 0.3 is 5.97 Å². The minimum absolute atomic E-state index is 0.198. The van der Waals surface area contributed by atoms with Crippen LogP contribution in [0.4, 0.5) is 11.4 Å². The minimum atomic E-state index is -1.26. The Morgan fingerprint density at radius 3 is 2.33 bits per heavy atom. The summed E-state index contributed by atoms with van der Waals surface area (Å²) >= 11 is 0. The molecule has 0 unspecified atom stereocenters. The summed E-state index contributed by atoms with van der Waals surface area (Å²) in [5, 5.41) is 8.76. The summed E-state index contributed by atoms with van der Waals surface area (Å²) in [4.78, 5) is 35.2. The summed E-state index contributed by atoms with van der Waals surface area (Å²) in [6, 6.07) is 6.19. The summed E-state index contributed by atoms with van der Waals surface area (Å²) < 4.78 is 0. The number of hydrogen-bond acceptors (Lipinski definition) is 4. The Kier molecular flexibility index (Phi) is 2.85. The van der Waals surface area contributed by atoms with Crippen molar-refractivity contribution in [2.75, 3.05) is 10.6 Å². The van der Waals surface area contributed by atoms with E-state index >= 15 is 0 Å². The first-order chi connectivity index (χ1) is 8.49. The van der Waals surface area contributed by atoms with Crippen molar-refractivity contribution >= 4 is 29.2 Å². The van der Waals surface area contributed by atoms with Crippen molar-refractivity contribution in [3.8, 4) is 0 Å². The van der Waals surface area contributed by atoms with E-state index in [4.69, 9.17) is 10.8 Å². The molecule has 2 amide bonds. The van der Waals surface area contributed by atoms with Gasteiger partial charge in [0.15, 0.2) is 0 Å². The number of aliphatic carboxylic acids is 1. The first-order valence-corrected chi connectivity index (χ1v) is 5.15. The van der Waals surface area contributed by atoms with E-state index in [1.165, 1.54) is 12.1 Å². The molecule has 18 heavy (non-hydrogen) atoms. The number of carbonyl (C=O) groups is 3. The average Bonchev–Trinajstić information content (AvgIpc) is 2.30. The minimum Gasteiger partial charge on any atom is -0.478 e. The van der Waals surface area contributed by atoms with Crippen LogP contribution >= 0.6 is 0 Å². The molecule has 0 spiro atoms. The maximum absolute atomic E-state index is 11.8. The van der Waals surface area contributed by atoms with Crippen molar-refractivity contribution < 1.29 is 19.5 Å². The van der Waals surface area contributed by atoms with Crippen LogP contribution in [0.5, 0.6) is 0 Å². The van der Waals surface area contributed by atoms with Crippen LogP contribution in [0.15, 0.2) is 35.9 Å². The number of hydrogen-bond donors (Lipinski definition) is 2. The third-order valence-electron chi connectivity index (χ3n) is 2.54. The molecule has 0 bridgehead atoms. The molecule has 1 aliphatic heterocycles. The second-order valence-electron chi connectivity index (χ2n) is 3.81. The molecule has 0 saturated heterocycles. The molecule has 3 N–H and O–H groups in total. The van der Waals surface area contributed by atoms with Crippen LogP contribution in [0.3, 0.4) is 0 Å². The number of anilines is 2. The van der Waals surface area contributed by atoms with Crippen molar-refractivity contribution in [3.63, 3.8) is 0 Å². The summed E-state index contributed by atoms with van der Waals surface area (Å²) in [7, 11) is 0. The molecule has 0 aromatic heterocycles. The molecule has 1 aliphatic rings. The van der Waals surface area contributed by atoms with Crippen LogP contribution in [-0.2, 0) is 14.4 Å². The van der Waals surface area contributed by atoms with Gasteiger partial charge in [-0.05, 0) is 24.3 Å². The molecule has 0 radical (unpaired) electrons. The predicted molar refractivity (Wildman–Crippen MR) is 63.7 cm³/mol. The number of carboxylic acid groups (broad SMARTS) is 1. The standard InChI is InChI=1S/C12H10N2O4/c13-8-1-3-9(4-2-8)14-10(15)5-7(12(17)18)6-11(14)16/h1-5H,6,13H2,(H,17,18). The molecule has 0 fully saturated rings. The van der Waals surface area contributed by atoms with Crippen LogP contribution in [0.1, 0.15) is 6.42 Å². The highest BCUT2D eigenvalue weighted by molar-refractivity contribution is 6.24. The third kappa shape index (κ3) is 2.08. The summed E-state index contributed by atoms with van der Waals surface area (Å²) in [5.41, 5.74) is 6.20. The topological polar surface area (TPSA) is 101 Å². The van der Waals surface area contributed by atoms with E-state index in [1.54, 1.807) is 12.1 Å². The SMILES string of the molecule is Nc1ccc(N2C(=O)C=C(C(=O)O)CC2=O)cc1. The number of carbonyl (C=O) groups excluding carboxylic acids is 2. The summed E-state index contributed by atoms with van der Waals surface area (Å²) in [6.45, 7) is 0. The molecule has 6 heteroatoms. The van der Waals surface area contributed by atoms with Gasteiger partial charge in [0.05, 0.1) is 17.7 Å². The van der Waals surface area contributed by atoms with Gasteiger partial charge in [0.25, 0.3) is 5.91 Å². The Morgan fingerprint density at radius 2 is 1.83 bits per heavy atom. The van der Waals surface area contributed by atoms with Gasteiger partial charge in [-0.3, -0.25) is 9.59 Å². The molecule has 0 saturated carbocycles. The van der Waals surface area contributed by atoms with Crippen LogP contribution in [-0.4, -0.2) is 22.9 Å². The lowest BCUT2D eigenvalue weighted by atomic mass is 10.1. The van der Waals surface area contributed by atoms with Gasteiger partial charge in [-0.15, -0.1) is 0 Å². The molecule has 0 aliphatic carbocycles. The molecular formula is C12H10N2O4. The number of carboxylic acids is 1. The zero-order chi connectivity index (χ0) is 13.3. The molecule has 92 valence electrons. The fraction of sp³-hybridized carbons (Fsp3) is 0.0833. The number of imide groups is 1. The highest BCUT2D eigenvalue weighted by Gasteiger charge is 2.30. The highest BCUT2D eigenvalue weighted by atomic mass is 16.4. The Hall–Kier alpha value is -2.63. The lowest BCUT2D eigenvalue weighted by Crippen LogP contribution is -2.40. The number of nitrogens with two attached hydrogens (primary N) is 1. The van der Waals surface area contributed by atoms with Gasteiger partial charge in [-0.1, -0.05) is 0 Å². The third-order valence-corrected chi connectivity index (χ3v) is 2.54. The van der Waals surface area contributed by atoms with Gasteiger partial charge in [0, 0.05) is 11.8 Å². The van der Waals surface area contributed by atoms with Crippen LogP contribution < -0.4 is 10.6 Å².